The quantitative estimate of drug-likeness (QED) is 0.307. The number of aryl methyl sites for hydroxylation is 2. The van der Waals surface area contributed by atoms with Crippen molar-refractivity contribution < 1.29 is 9.53 Å². The van der Waals surface area contributed by atoms with E-state index in [0.717, 1.165) is 38.0 Å². The van der Waals surface area contributed by atoms with Crippen LogP contribution < -0.4 is 15.4 Å². The molecular formula is C28H27BrN6O2. The van der Waals surface area contributed by atoms with E-state index < -0.39 is 6.04 Å². The molecule has 1 aromatic heterocycles. The van der Waals surface area contributed by atoms with E-state index in [1.165, 1.54) is 0 Å². The highest BCUT2D eigenvalue weighted by Gasteiger charge is 2.36. The number of ether oxygens (including phenoxy) is 1. The van der Waals surface area contributed by atoms with Gasteiger partial charge in [-0.15, -0.1) is 0 Å². The Labute approximate surface area is 223 Å². The zero-order valence-corrected chi connectivity index (χ0v) is 22.6. The van der Waals surface area contributed by atoms with Gasteiger partial charge in [0, 0.05) is 21.4 Å². The fourth-order valence-corrected chi connectivity index (χ4v) is 4.84. The average Bonchev–Trinajstić information content (AvgIpc) is 3.34. The molecule has 0 bridgehead atoms. The van der Waals surface area contributed by atoms with Gasteiger partial charge in [-0.25, -0.2) is 0 Å². The van der Waals surface area contributed by atoms with Crippen molar-refractivity contribution in [2.24, 2.45) is 0 Å². The fraction of sp³-hybridized carbons (Fsp3) is 0.214. The molecule has 8 nitrogen and oxygen atoms in total. The Morgan fingerprint density at radius 2 is 1.84 bits per heavy atom. The summed E-state index contributed by atoms with van der Waals surface area (Å²) in [5.41, 5.74) is 7.05. The highest BCUT2D eigenvalue weighted by Crippen LogP contribution is 2.40. The third-order valence-corrected chi connectivity index (χ3v) is 7.22. The van der Waals surface area contributed by atoms with Crippen LogP contribution in [0.4, 0.5) is 11.6 Å². The number of carbonyl (C=O) groups is 1. The Bertz CT molecular complexity index is 1530. The summed E-state index contributed by atoms with van der Waals surface area (Å²) in [6.07, 6.45) is 0. The summed E-state index contributed by atoms with van der Waals surface area (Å²) < 4.78 is 8.81. The van der Waals surface area contributed by atoms with Crippen LogP contribution in [0.5, 0.6) is 5.75 Å². The molecule has 0 saturated carbocycles. The number of allylic oxidation sites excluding steroid dienone is 1. The minimum absolute atomic E-state index is 0.241. The van der Waals surface area contributed by atoms with Crippen molar-refractivity contribution in [1.29, 1.82) is 0 Å². The molecule has 0 fully saturated rings. The van der Waals surface area contributed by atoms with Crippen molar-refractivity contribution in [3.8, 4) is 5.75 Å². The second-order valence-electron chi connectivity index (χ2n) is 9.11. The molecule has 0 saturated heterocycles. The van der Waals surface area contributed by atoms with Gasteiger partial charge in [0.15, 0.2) is 0 Å². The number of amides is 1. The summed E-state index contributed by atoms with van der Waals surface area (Å²) >= 11 is 3.60. The number of nitrogens with one attached hydrogen (secondary N) is 2. The molecule has 2 N–H and O–H groups in total. The van der Waals surface area contributed by atoms with Crippen LogP contribution in [0.25, 0.3) is 0 Å². The first-order valence-electron chi connectivity index (χ1n) is 11.9. The van der Waals surface area contributed by atoms with Crippen molar-refractivity contribution in [2.45, 2.75) is 40.3 Å². The van der Waals surface area contributed by atoms with Gasteiger partial charge in [-0.3, -0.25) is 4.79 Å². The number of hydrogen-bond acceptors (Lipinski definition) is 6. The van der Waals surface area contributed by atoms with Gasteiger partial charge >= 0.3 is 0 Å². The number of nitrogens with zero attached hydrogens (tertiary/aromatic N) is 4. The molecule has 1 aliphatic rings. The minimum Gasteiger partial charge on any atom is -0.489 e. The minimum atomic E-state index is -0.610. The summed E-state index contributed by atoms with van der Waals surface area (Å²) in [4.78, 5) is 13.8. The van der Waals surface area contributed by atoms with Crippen LogP contribution in [0.2, 0.25) is 0 Å². The molecule has 37 heavy (non-hydrogen) atoms. The summed E-state index contributed by atoms with van der Waals surface area (Å²) in [6, 6.07) is 19.1. The third-order valence-electron chi connectivity index (χ3n) is 6.72. The lowest BCUT2D eigenvalue weighted by atomic mass is 9.94. The maximum absolute atomic E-state index is 13.8. The molecule has 3 aromatic carbocycles. The van der Waals surface area contributed by atoms with E-state index in [4.69, 9.17) is 4.74 Å². The topological polar surface area (TPSA) is 94.0 Å². The van der Waals surface area contributed by atoms with Crippen LogP contribution in [-0.4, -0.2) is 26.1 Å². The molecule has 2 heterocycles. The molecule has 0 aliphatic carbocycles. The molecule has 188 valence electrons. The molecule has 1 atom stereocenters. The zero-order chi connectivity index (χ0) is 26.1. The number of benzene rings is 3. The monoisotopic (exact) mass is 558 g/mol. The van der Waals surface area contributed by atoms with Crippen molar-refractivity contribution in [3.05, 3.63) is 104 Å². The van der Waals surface area contributed by atoms with Gasteiger partial charge in [0.1, 0.15) is 18.4 Å². The normalized spacial score (nSPS) is 14.7. The van der Waals surface area contributed by atoms with Crippen LogP contribution >= 0.6 is 15.9 Å². The van der Waals surface area contributed by atoms with E-state index in [9.17, 15) is 4.79 Å². The maximum atomic E-state index is 13.8. The van der Waals surface area contributed by atoms with Crippen LogP contribution in [0.15, 0.2) is 76.4 Å². The molecular weight excluding hydrogens is 532 g/mol. The number of fused-ring (bicyclic) bond motifs is 1. The van der Waals surface area contributed by atoms with E-state index in [2.05, 4.69) is 55.1 Å². The number of carbonyl (C=O) groups excluding carboxylic acids is 1. The zero-order valence-electron chi connectivity index (χ0n) is 21.0. The first-order chi connectivity index (χ1) is 17.8. The molecule has 0 spiro atoms. The number of tetrazole rings is 1. The molecule has 1 amide bonds. The van der Waals surface area contributed by atoms with E-state index in [-0.39, 0.29) is 5.91 Å². The molecule has 1 unspecified atom stereocenters. The number of hydrogen-bond donors (Lipinski definition) is 2. The van der Waals surface area contributed by atoms with Crippen molar-refractivity contribution in [2.75, 3.05) is 10.6 Å². The summed E-state index contributed by atoms with van der Waals surface area (Å²) in [6.45, 7) is 8.32. The van der Waals surface area contributed by atoms with Gasteiger partial charge in [0.2, 0.25) is 5.95 Å². The van der Waals surface area contributed by atoms with Gasteiger partial charge in [-0.2, -0.15) is 4.68 Å². The highest BCUT2D eigenvalue weighted by molar-refractivity contribution is 9.10. The Balaban J connectivity index is 1.57. The van der Waals surface area contributed by atoms with E-state index in [0.29, 0.717) is 29.6 Å². The van der Waals surface area contributed by atoms with E-state index >= 15 is 0 Å². The lowest BCUT2D eigenvalue weighted by Crippen LogP contribution is -2.32. The maximum Gasteiger partial charge on any atom is 0.255 e. The Kier molecular flexibility index (Phi) is 6.80. The number of halogens is 1. The standard InChI is InChI=1S/C28H27BrN6O2/c1-16-9-7-11-23(18(16)3)31-27(36)25-19(4)30-28-32-33-34-35(28)26(25)22-14-21(29)12-13-24(22)37-15-20-10-6-5-8-17(20)2/h5-14,26H,15H2,1-4H3,(H,31,36)(H,30,32,34). The molecule has 1 aliphatic heterocycles. The highest BCUT2D eigenvalue weighted by atomic mass is 79.9. The fourth-order valence-electron chi connectivity index (χ4n) is 4.46. The number of aromatic nitrogens is 4. The summed E-state index contributed by atoms with van der Waals surface area (Å²) in [5.74, 6) is 0.856. The van der Waals surface area contributed by atoms with Crippen LogP contribution in [-0.2, 0) is 11.4 Å². The largest absolute Gasteiger partial charge is 0.489 e. The lowest BCUT2D eigenvalue weighted by Gasteiger charge is -2.29. The van der Waals surface area contributed by atoms with E-state index in [1.54, 1.807) is 4.68 Å². The van der Waals surface area contributed by atoms with Gasteiger partial charge in [-0.1, -0.05) is 57.4 Å². The number of anilines is 2. The van der Waals surface area contributed by atoms with Gasteiger partial charge in [0.05, 0.1) is 5.57 Å². The lowest BCUT2D eigenvalue weighted by molar-refractivity contribution is -0.113. The second-order valence-corrected chi connectivity index (χ2v) is 10.0. The third kappa shape index (κ3) is 4.86. The average molecular weight is 559 g/mol. The molecule has 9 heteroatoms. The Morgan fingerprint density at radius 1 is 1.05 bits per heavy atom. The predicted molar refractivity (Wildman–Crippen MR) is 146 cm³/mol. The first-order valence-corrected chi connectivity index (χ1v) is 12.7. The molecule has 4 aromatic rings. The van der Waals surface area contributed by atoms with Gasteiger partial charge in [0.25, 0.3) is 5.91 Å². The molecule has 0 radical (unpaired) electrons. The molecule has 5 rings (SSSR count). The Morgan fingerprint density at radius 3 is 2.65 bits per heavy atom. The van der Waals surface area contributed by atoms with Crippen molar-refractivity contribution in [1.82, 2.24) is 20.2 Å². The van der Waals surface area contributed by atoms with Crippen LogP contribution in [0, 0.1) is 20.8 Å². The SMILES string of the molecule is CC1=C(C(=O)Nc2cccc(C)c2C)C(c2cc(Br)ccc2OCc2ccccc2C)n2nnnc2N1. The first kappa shape index (κ1) is 24.7. The summed E-state index contributed by atoms with van der Waals surface area (Å²) in [7, 11) is 0. The van der Waals surface area contributed by atoms with Crippen LogP contribution in [0.3, 0.4) is 0 Å². The summed E-state index contributed by atoms with van der Waals surface area (Å²) in [5, 5.41) is 18.5. The second kappa shape index (κ2) is 10.2. The predicted octanol–water partition coefficient (Wildman–Crippen LogP) is 5.87. The van der Waals surface area contributed by atoms with Crippen LogP contribution in [0.1, 0.15) is 40.8 Å². The van der Waals surface area contributed by atoms with Crippen molar-refractivity contribution in [3.63, 3.8) is 0 Å². The van der Waals surface area contributed by atoms with Gasteiger partial charge < -0.3 is 15.4 Å². The number of rotatable bonds is 6. The Hall–Kier alpha value is -3.98. The van der Waals surface area contributed by atoms with E-state index in [1.807, 2.05) is 75.4 Å². The smallest absolute Gasteiger partial charge is 0.255 e. The van der Waals surface area contributed by atoms with Crippen molar-refractivity contribution >= 4 is 33.5 Å². The van der Waals surface area contributed by atoms with Gasteiger partial charge in [-0.05, 0) is 84.6 Å².